The maximum atomic E-state index is 11.0. The van der Waals surface area contributed by atoms with E-state index in [-0.39, 0.29) is 6.54 Å². The Morgan fingerprint density at radius 3 is 2.48 bits per heavy atom. The van der Waals surface area contributed by atoms with Crippen molar-refractivity contribution in [1.29, 1.82) is 0 Å². The Hall–Kier alpha value is -2.07. The quantitative estimate of drug-likeness (QED) is 0.850. The molecule has 0 bridgehead atoms. The summed E-state index contributed by atoms with van der Waals surface area (Å²) in [6.45, 7) is 3.42. The lowest BCUT2D eigenvalue weighted by Crippen LogP contribution is -2.30. The Morgan fingerprint density at radius 2 is 1.90 bits per heavy atom. The van der Waals surface area contributed by atoms with E-state index in [1.165, 1.54) is 0 Å². The number of hydrogen-bond donors (Lipinski definition) is 1. The van der Waals surface area contributed by atoms with Gasteiger partial charge in [-0.05, 0) is 35.9 Å². The summed E-state index contributed by atoms with van der Waals surface area (Å²) >= 11 is 0. The molecule has 1 N–H and O–H groups in total. The van der Waals surface area contributed by atoms with E-state index in [0.717, 1.165) is 35.1 Å². The molecule has 4 heteroatoms. The second-order valence-electron chi connectivity index (χ2n) is 5.12. The van der Waals surface area contributed by atoms with Crippen molar-refractivity contribution >= 4 is 16.7 Å². The fraction of sp³-hybridized carbons (Fsp3) is 0.353. The number of benzene rings is 2. The van der Waals surface area contributed by atoms with Gasteiger partial charge in [0.15, 0.2) is 0 Å². The van der Waals surface area contributed by atoms with Crippen molar-refractivity contribution in [1.82, 2.24) is 4.90 Å². The number of rotatable bonds is 7. The van der Waals surface area contributed by atoms with Crippen LogP contribution in [-0.4, -0.2) is 36.2 Å². The van der Waals surface area contributed by atoms with Crippen molar-refractivity contribution in [3.63, 3.8) is 0 Å². The lowest BCUT2D eigenvalue weighted by atomic mass is 10.1. The first-order valence-electron chi connectivity index (χ1n) is 7.14. The minimum absolute atomic E-state index is 0.0455. The first-order valence-corrected chi connectivity index (χ1v) is 7.14. The lowest BCUT2D eigenvalue weighted by molar-refractivity contribution is -0.138. The van der Waals surface area contributed by atoms with Gasteiger partial charge in [0.05, 0.1) is 13.7 Å². The summed E-state index contributed by atoms with van der Waals surface area (Å²) < 4.78 is 5.46. The van der Waals surface area contributed by atoms with Crippen LogP contribution in [-0.2, 0) is 11.3 Å². The van der Waals surface area contributed by atoms with Gasteiger partial charge in [-0.15, -0.1) is 0 Å². The van der Waals surface area contributed by atoms with Gasteiger partial charge in [0, 0.05) is 12.1 Å². The van der Waals surface area contributed by atoms with Crippen LogP contribution >= 0.6 is 0 Å². The van der Waals surface area contributed by atoms with Crippen LogP contribution in [0, 0.1) is 0 Å². The van der Waals surface area contributed by atoms with E-state index < -0.39 is 5.97 Å². The zero-order valence-electron chi connectivity index (χ0n) is 12.5. The van der Waals surface area contributed by atoms with Gasteiger partial charge in [0.25, 0.3) is 0 Å². The summed E-state index contributed by atoms with van der Waals surface area (Å²) in [5, 5.41) is 11.3. The van der Waals surface area contributed by atoms with Gasteiger partial charge in [-0.3, -0.25) is 9.69 Å². The fourth-order valence-corrected chi connectivity index (χ4v) is 2.54. The van der Waals surface area contributed by atoms with Crippen LogP contribution in [0.5, 0.6) is 5.75 Å². The molecule has 21 heavy (non-hydrogen) atoms. The number of ether oxygens (including phenoxy) is 1. The highest BCUT2D eigenvalue weighted by atomic mass is 16.5. The molecule has 0 unspecified atom stereocenters. The van der Waals surface area contributed by atoms with Crippen LogP contribution in [0.3, 0.4) is 0 Å². The smallest absolute Gasteiger partial charge is 0.317 e. The zero-order valence-corrected chi connectivity index (χ0v) is 12.5. The van der Waals surface area contributed by atoms with Gasteiger partial charge >= 0.3 is 5.97 Å². The molecule has 0 radical (unpaired) electrons. The minimum Gasteiger partial charge on any atom is -0.496 e. The average Bonchev–Trinajstić information content (AvgIpc) is 2.46. The molecule has 0 atom stereocenters. The van der Waals surface area contributed by atoms with E-state index in [9.17, 15) is 4.79 Å². The predicted molar refractivity (Wildman–Crippen MR) is 83.7 cm³/mol. The van der Waals surface area contributed by atoms with Crippen LogP contribution in [0.15, 0.2) is 36.4 Å². The van der Waals surface area contributed by atoms with Gasteiger partial charge in [0.1, 0.15) is 5.75 Å². The van der Waals surface area contributed by atoms with E-state index in [1.54, 1.807) is 7.11 Å². The second-order valence-corrected chi connectivity index (χ2v) is 5.12. The van der Waals surface area contributed by atoms with E-state index in [1.807, 2.05) is 36.1 Å². The number of hydrogen-bond acceptors (Lipinski definition) is 3. The summed E-state index contributed by atoms with van der Waals surface area (Å²) in [5.74, 6) is 0.00315. The third kappa shape index (κ3) is 3.95. The molecule has 2 rings (SSSR count). The SMILES string of the molecule is CCCN(CC(=O)O)Cc1cc2ccccc2cc1OC. The summed E-state index contributed by atoms with van der Waals surface area (Å²) in [6.07, 6.45) is 0.920. The van der Waals surface area contributed by atoms with Gasteiger partial charge < -0.3 is 9.84 Å². The largest absolute Gasteiger partial charge is 0.496 e. The van der Waals surface area contributed by atoms with Gasteiger partial charge in [0.2, 0.25) is 0 Å². The summed E-state index contributed by atoms with van der Waals surface area (Å²) in [4.78, 5) is 12.9. The van der Waals surface area contributed by atoms with Crippen molar-refractivity contribution in [3.05, 3.63) is 42.0 Å². The predicted octanol–water partition coefficient (Wildman–Crippen LogP) is 3.15. The van der Waals surface area contributed by atoms with E-state index in [0.29, 0.717) is 6.54 Å². The average molecular weight is 287 g/mol. The monoisotopic (exact) mass is 287 g/mol. The molecule has 0 spiro atoms. The van der Waals surface area contributed by atoms with Gasteiger partial charge in [-0.1, -0.05) is 31.2 Å². The molecule has 0 saturated heterocycles. The topological polar surface area (TPSA) is 49.8 Å². The van der Waals surface area contributed by atoms with Crippen molar-refractivity contribution < 1.29 is 14.6 Å². The number of carbonyl (C=O) groups is 1. The number of aliphatic carboxylic acids is 1. The van der Waals surface area contributed by atoms with Gasteiger partial charge in [-0.25, -0.2) is 0 Å². The number of carboxylic acids is 1. The normalized spacial score (nSPS) is 11.0. The third-order valence-corrected chi connectivity index (χ3v) is 3.44. The van der Waals surface area contributed by atoms with E-state index in [2.05, 4.69) is 12.1 Å². The molecular formula is C17H21NO3. The van der Waals surface area contributed by atoms with Crippen LogP contribution in [0.2, 0.25) is 0 Å². The fourth-order valence-electron chi connectivity index (χ4n) is 2.54. The summed E-state index contributed by atoms with van der Waals surface area (Å²) in [7, 11) is 1.65. The number of fused-ring (bicyclic) bond motifs is 1. The lowest BCUT2D eigenvalue weighted by Gasteiger charge is -2.21. The molecule has 4 nitrogen and oxygen atoms in total. The minimum atomic E-state index is -0.803. The molecule has 0 heterocycles. The molecule has 0 aliphatic carbocycles. The second kappa shape index (κ2) is 7.09. The summed E-state index contributed by atoms with van der Waals surface area (Å²) in [6, 6.07) is 12.2. The Balaban J connectivity index is 2.32. The highest BCUT2D eigenvalue weighted by Gasteiger charge is 2.13. The Labute approximate surface area is 124 Å². The van der Waals surface area contributed by atoms with E-state index in [4.69, 9.17) is 9.84 Å². The molecule has 0 aliphatic heterocycles. The number of methoxy groups -OCH3 is 1. The Kier molecular flexibility index (Phi) is 5.17. The summed E-state index contributed by atoms with van der Waals surface area (Å²) in [5.41, 5.74) is 1.02. The van der Waals surface area contributed by atoms with Crippen molar-refractivity contribution in [2.45, 2.75) is 19.9 Å². The molecule has 0 amide bonds. The molecular weight excluding hydrogens is 266 g/mol. The molecule has 112 valence electrons. The molecule has 2 aromatic carbocycles. The maximum absolute atomic E-state index is 11.0. The van der Waals surface area contributed by atoms with Crippen molar-refractivity contribution in [2.75, 3.05) is 20.2 Å². The Bertz CT molecular complexity index is 624. The number of carboxylic acid groups (broad SMARTS) is 1. The third-order valence-electron chi connectivity index (χ3n) is 3.44. The maximum Gasteiger partial charge on any atom is 0.317 e. The first-order chi connectivity index (χ1) is 10.1. The van der Waals surface area contributed by atoms with Crippen LogP contribution in [0.4, 0.5) is 0 Å². The number of nitrogens with zero attached hydrogens (tertiary/aromatic N) is 1. The van der Waals surface area contributed by atoms with Crippen LogP contribution < -0.4 is 4.74 Å². The van der Waals surface area contributed by atoms with E-state index >= 15 is 0 Å². The van der Waals surface area contributed by atoms with Gasteiger partial charge in [-0.2, -0.15) is 0 Å². The highest BCUT2D eigenvalue weighted by Crippen LogP contribution is 2.27. The molecule has 0 aliphatic rings. The standard InChI is InChI=1S/C17H21NO3/c1-3-8-18(12-17(19)20)11-15-9-13-6-4-5-7-14(13)10-16(15)21-2/h4-7,9-10H,3,8,11-12H2,1-2H3,(H,19,20). The molecule has 0 saturated carbocycles. The van der Waals surface area contributed by atoms with Crippen molar-refractivity contribution in [2.24, 2.45) is 0 Å². The van der Waals surface area contributed by atoms with Crippen LogP contribution in [0.1, 0.15) is 18.9 Å². The highest BCUT2D eigenvalue weighted by molar-refractivity contribution is 5.85. The Morgan fingerprint density at radius 1 is 1.24 bits per heavy atom. The van der Waals surface area contributed by atoms with Crippen LogP contribution in [0.25, 0.3) is 10.8 Å². The molecule has 0 aromatic heterocycles. The zero-order chi connectivity index (χ0) is 15.2. The molecule has 0 fully saturated rings. The first kappa shape index (κ1) is 15.3. The molecule has 2 aromatic rings. The van der Waals surface area contributed by atoms with Crippen molar-refractivity contribution in [3.8, 4) is 5.75 Å².